The van der Waals surface area contributed by atoms with E-state index in [9.17, 15) is 15.2 Å². The lowest BCUT2D eigenvalue weighted by molar-refractivity contribution is 0.469. The molecule has 0 spiro atoms. The van der Waals surface area contributed by atoms with Crippen LogP contribution in [0.3, 0.4) is 0 Å². The number of nitriles is 1. The zero-order valence-electron chi connectivity index (χ0n) is 12.8. The lowest BCUT2D eigenvalue weighted by Gasteiger charge is -2.03. The molecular formula is C19H10N2O3S. The number of aromatic nitrogens is 1. The fourth-order valence-electron chi connectivity index (χ4n) is 2.53. The first-order valence-corrected chi connectivity index (χ1v) is 8.21. The molecule has 0 bridgehead atoms. The largest absolute Gasteiger partial charge is 0.503 e. The number of para-hydroxylation sites is 2. The molecule has 2 aromatic carbocycles. The van der Waals surface area contributed by atoms with Gasteiger partial charge in [0.05, 0.1) is 15.6 Å². The fourth-order valence-corrected chi connectivity index (χ4v) is 3.49. The Hall–Kier alpha value is -3.43. The van der Waals surface area contributed by atoms with Gasteiger partial charge in [0.15, 0.2) is 16.9 Å². The second-order valence-electron chi connectivity index (χ2n) is 5.29. The first-order chi connectivity index (χ1) is 12.2. The molecule has 2 aromatic heterocycles. The predicted octanol–water partition coefficient (Wildman–Crippen LogP) is 4.35. The van der Waals surface area contributed by atoms with Crippen LogP contribution in [0.2, 0.25) is 0 Å². The molecule has 0 radical (unpaired) electrons. The van der Waals surface area contributed by atoms with Crippen LogP contribution in [0.5, 0.6) is 0 Å². The van der Waals surface area contributed by atoms with E-state index < -0.39 is 5.76 Å². The molecule has 0 amide bonds. The molecule has 6 heteroatoms. The van der Waals surface area contributed by atoms with Crippen molar-refractivity contribution in [3.8, 4) is 6.07 Å². The van der Waals surface area contributed by atoms with Gasteiger partial charge in [-0.25, -0.2) is 4.98 Å². The average Bonchev–Trinajstić information content (AvgIpc) is 3.06. The maximum atomic E-state index is 12.2. The normalized spacial score (nSPS) is 12.1. The number of hydrogen-bond donors (Lipinski definition) is 1. The van der Waals surface area contributed by atoms with Gasteiger partial charge in [-0.05, 0) is 24.3 Å². The van der Waals surface area contributed by atoms with Gasteiger partial charge in [0.1, 0.15) is 22.2 Å². The van der Waals surface area contributed by atoms with E-state index >= 15 is 0 Å². The summed E-state index contributed by atoms with van der Waals surface area (Å²) in [6.45, 7) is 0. The van der Waals surface area contributed by atoms with Crippen molar-refractivity contribution < 1.29 is 9.52 Å². The highest BCUT2D eigenvalue weighted by atomic mass is 32.1. The summed E-state index contributed by atoms with van der Waals surface area (Å²) in [5.74, 6) is -0.455. The van der Waals surface area contributed by atoms with Crippen LogP contribution in [0.1, 0.15) is 10.8 Å². The van der Waals surface area contributed by atoms with Crippen LogP contribution in [0.25, 0.3) is 32.5 Å². The summed E-state index contributed by atoms with van der Waals surface area (Å²) >= 11 is 1.29. The molecule has 0 aliphatic carbocycles. The van der Waals surface area contributed by atoms with E-state index in [1.54, 1.807) is 24.3 Å². The second-order valence-corrected chi connectivity index (χ2v) is 6.32. The summed E-state index contributed by atoms with van der Waals surface area (Å²) in [5.41, 5.74) is 0.769. The Morgan fingerprint density at radius 3 is 2.72 bits per heavy atom. The molecule has 0 atom stereocenters. The van der Waals surface area contributed by atoms with Gasteiger partial charge in [0.25, 0.3) is 0 Å². The quantitative estimate of drug-likeness (QED) is 0.430. The summed E-state index contributed by atoms with van der Waals surface area (Å²) in [7, 11) is 0. The van der Waals surface area contributed by atoms with E-state index in [-0.39, 0.29) is 16.8 Å². The Balaban J connectivity index is 1.93. The summed E-state index contributed by atoms with van der Waals surface area (Å²) in [4.78, 5) is 16.6. The standard InChI is InChI=1S/C19H10N2O3S/c20-10-12(19-21-13-6-2-4-8-17(13)25-19)18(23)16-9-14(22)11-5-1-3-7-15(11)24-16/h1-9,23H/b18-12+. The molecule has 0 fully saturated rings. The molecule has 1 N–H and O–H groups in total. The number of allylic oxidation sites excluding steroid dienone is 1. The molecule has 0 aliphatic heterocycles. The van der Waals surface area contributed by atoms with Gasteiger partial charge < -0.3 is 9.52 Å². The molecule has 5 nitrogen and oxygen atoms in total. The van der Waals surface area contributed by atoms with Gasteiger partial charge >= 0.3 is 0 Å². The number of benzene rings is 2. The Morgan fingerprint density at radius 2 is 1.92 bits per heavy atom. The van der Waals surface area contributed by atoms with Crippen molar-refractivity contribution in [2.45, 2.75) is 0 Å². The minimum atomic E-state index is -0.399. The number of thiazole rings is 1. The number of nitrogens with zero attached hydrogens (tertiary/aromatic N) is 2. The van der Waals surface area contributed by atoms with E-state index in [0.717, 1.165) is 10.2 Å². The van der Waals surface area contributed by atoms with Crippen molar-refractivity contribution >= 4 is 43.9 Å². The van der Waals surface area contributed by atoms with Crippen LogP contribution in [0, 0.1) is 11.3 Å². The Kier molecular flexibility index (Phi) is 3.56. The van der Waals surface area contributed by atoms with Crippen molar-refractivity contribution in [1.82, 2.24) is 4.98 Å². The monoisotopic (exact) mass is 346 g/mol. The fraction of sp³-hybridized carbons (Fsp3) is 0. The van der Waals surface area contributed by atoms with Crippen molar-refractivity contribution in [2.75, 3.05) is 0 Å². The van der Waals surface area contributed by atoms with Gasteiger partial charge in [-0.3, -0.25) is 4.79 Å². The van der Waals surface area contributed by atoms with Gasteiger partial charge in [-0.15, -0.1) is 11.3 Å². The topological polar surface area (TPSA) is 87.1 Å². The highest BCUT2D eigenvalue weighted by molar-refractivity contribution is 7.19. The van der Waals surface area contributed by atoms with Crippen LogP contribution >= 0.6 is 11.3 Å². The molecule has 4 aromatic rings. The summed E-state index contributed by atoms with van der Waals surface area (Å²) in [5, 5.41) is 20.8. The lowest BCUT2D eigenvalue weighted by atomic mass is 10.1. The first kappa shape index (κ1) is 15.1. The number of aliphatic hydroxyl groups excluding tert-OH is 1. The molecule has 0 unspecified atom stereocenters. The number of hydrogen-bond acceptors (Lipinski definition) is 6. The van der Waals surface area contributed by atoms with Crippen LogP contribution in [-0.4, -0.2) is 10.1 Å². The molecular weight excluding hydrogens is 336 g/mol. The summed E-state index contributed by atoms with van der Waals surface area (Å²) < 4.78 is 6.50. The van der Waals surface area contributed by atoms with E-state index in [0.29, 0.717) is 16.0 Å². The number of rotatable bonds is 2. The van der Waals surface area contributed by atoms with E-state index in [1.807, 2.05) is 30.3 Å². The average molecular weight is 346 g/mol. The minimum Gasteiger partial charge on any atom is -0.503 e. The van der Waals surface area contributed by atoms with Gasteiger partial charge in [-0.1, -0.05) is 24.3 Å². The molecule has 2 heterocycles. The number of aliphatic hydroxyl groups is 1. The lowest BCUT2D eigenvalue weighted by Crippen LogP contribution is -2.02. The third-order valence-electron chi connectivity index (χ3n) is 3.72. The summed E-state index contributed by atoms with van der Waals surface area (Å²) in [6, 6.07) is 17.3. The molecule has 0 aliphatic rings. The molecule has 0 saturated carbocycles. The predicted molar refractivity (Wildman–Crippen MR) is 97.2 cm³/mol. The highest BCUT2D eigenvalue weighted by Gasteiger charge is 2.18. The van der Waals surface area contributed by atoms with Crippen LogP contribution in [0.4, 0.5) is 0 Å². The second kappa shape index (κ2) is 5.89. The van der Waals surface area contributed by atoms with E-state index in [4.69, 9.17) is 4.42 Å². The maximum Gasteiger partial charge on any atom is 0.193 e. The Labute approximate surface area is 145 Å². The van der Waals surface area contributed by atoms with Crippen LogP contribution < -0.4 is 5.43 Å². The van der Waals surface area contributed by atoms with E-state index in [2.05, 4.69) is 4.98 Å². The third-order valence-corrected chi connectivity index (χ3v) is 4.78. The van der Waals surface area contributed by atoms with Crippen molar-refractivity contribution in [2.24, 2.45) is 0 Å². The molecule has 0 saturated heterocycles. The van der Waals surface area contributed by atoms with Gasteiger partial charge in [-0.2, -0.15) is 5.26 Å². The van der Waals surface area contributed by atoms with Crippen LogP contribution in [0.15, 0.2) is 63.8 Å². The highest BCUT2D eigenvalue weighted by Crippen LogP contribution is 2.31. The molecule has 120 valence electrons. The molecule has 4 rings (SSSR count). The zero-order valence-corrected chi connectivity index (χ0v) is 13.6. The smallest absolute Gasteiger partial charge is 0.193 e. The molecule has 25 heavy (non-hydrogen) atoms. The van der Waals surface area contributed by atoms with Gasteiger partial charge in [0, 0.05) is 6.07 Å². The number of fused-ring (bicyclic) bond motifs is 2. The van der Waals surface area contributed by atoms with Gasteiger partial charge in [0.2, 0.25) is 0 Å². The zero-order chi connectivity index (χ0) is 17.4. The van der Waals surface area contributed by atoms with Crippen molar-refractivity contribution in [1.29, 1.82) is 5.26 Å². The maximum absolute atomic E-state index is 12.2. The summed E-state index contributed by atoms with van der Waals surface area (Å²) in [6.07, 6.45) is 0. The van der Waals surface area contributed by atoms with Crippen molar-refractivity contribution in [3.63, 3.8) is 0 Å². The SMILES string of the molecule is N#C/C(=C(\O)c1cc(=O)c2ccccc2o1)c1nc2ccccc2s1. The van der Waals surface area contributed by atoms with E-state index in [1.165, 1.54) is 17.4 Å². The Bertz CT molecular complexity index is 1210. The first-order valence-electron chi connectivity index (χ1n) is 7.40. The van der Waals surface area contributed by atoms with Crippen LogP contribution in [-0.2, 0) is 0 Å². The Morgan fingerprint density at radius 1 is 1.16 bits per heavy atom. The minimum absolute atomic E-state index is 0.0281. The van der Waals surface area contributed by atoms with Crippen molar-refractivity contribution in [3.05, 3.63) is 75.6 Å². The third kappa shape index (κ3) is 2.57.